The van der Waals surface area contributed by atoms with Gasteiger partial charge in [0, 0.05) is 25.5 Å². The molecule has 2 heterocycles. The molecule has 1 atom stereocenters. The molecular formula is C18H29N3O2. The monoisotopic (exact) mass is 319 g/mol. The van der Waals surface area contributed by atoms with Gasteiger partial charge < -0.3 is 9.64 Å². The lowest BCUT2D eigenvalue weighted by molar-refractivity contribution is -0.140. The zero-order valence-corrected chi connectivity index (χ0v) is 14.2. The van der Waals surface area contributed by atoms with E-state index in [2.05, 4.69) is 12.0 Å². The lowest BCUT2D eigenvalue weighted by atomic mass is 10.0. The Labute approximate surface area is 139 Å². The first kappa shape index (κ1) is 17.7. The molecule has 2 aliphatic heterocycles. The fourth-order valence-electron chi connectivity index (χ4n) is 2.89. The van der Waals surface area contributed by atoms with Crippen molar-refractivity contribution in [3.05, 3.63) is 24.4 Å². The minimum absolute atomic E-state index is 0.174. The number of amides is 1. The number of hydrogen-bond donors (Lipinski definition) is 0. The summed E-state index contributed by atoms with van der Waals surface area (Å²) in [7, 11) is 0. The van der Waals surface area contributed by atoms with Crippen LogP contribution in [0.2, 0.25) is 0 Å². The third-order valence-corrected chi connectivity index (χ3v) is 4.26. The topological polar surface area (TPSA) is 45.1 Å². The highest BCUT2D eigenvalue weighted by Crippen LogP contribution is 2.17. The van der Waals surface area contributed by atoms with Gasteiger partial charge in [0.1, 0.15) is 6.04 Å². The van der Waals surface area contributed by atoms with E-state index in [1.807, 2.05) is 34.3 Å². The average molecular weight is 319 g/mol. The third-order valence-electron chi connectivity index (χ3n) is 4.26. The molecule has 0 N–H and O–H groups in total. The summed E-state index contributed by atoms with van der Waals surface area (Å²) in [6.07, 6.45) is 16.2. The first-order chi connectivity index (χ1) is 11.3. The van der Waals surface area contributed by atoms with Crippen LogP contribution in [0.25, 0.3) is 0 Å². The highest BCUT2D eigenvalue weighted by molar-refractivity contribution is 5.82. The quantitative estimate of drug-likeness (QED) is 0.646. The number of allylic oxidation sites excluding steroid dienone is 3. The van der Waals surface area contributed by atoms with Gasteiger partial charge in [-0.25, -0.2) is 0 Å². The van der Waals surface area contributed by atoms with Gasteiger partial charge in [-0.1, -0.05) is 45.1 Å². The van der Waals surface area contributed by atoms with Crippen LogP contribution in [0.4, 0.5) is 0 Å². The highest BCUT2D eigenvalue weighted by Gasteiger charge is 2.29. The Morgan fingerprint density at radius 2 is 1.91 bits per heavy atom. The molecular weight excluding hydrogens is 290 g/mol. The van der Waals surface area contributed by atoms with Crippen LogP contribution in [-0.2, 0) is 9.53 Å². The minimum atomic E-state index is -0.206. The summed E-state index contributed by atoms with van der Waals surface area (Å²) in [6.45, 7) is 4.86. The van der Waals surface area contributed by atoms with Crippen molar-refractivity contribution in [2.45, 2.75) is 51.5 Å². The van der Waals surface area contributed by atoms with Crippen molar-refractivity contribution in [3.8, 4) is 0 Å². The molecule has 5 heteroatoms. The van der Waals surface area contributed by atoms with E-state index in [-0.39, 0.29) is 11.9 Å². The molecule has 23 heavy (non-hydrogen) atoms. The molecule has 0 saturated carbocycles. The van der Waals surface area contributed by atoms with Crippen LogP contribution in [0.5, 0.6) is 0 Å². The Hall–Kier alpha value is -1.62. The standard InChI is InChI=1S/C18H29N3O2/c1-2-3-4-5-7-10-17(21-12-9-6-8-11-19-21)18(22)20-13-15-23-16-14-20/h6,8-9,11-12,17H,2-5,7,10,13-16H2,1H3. The lowest BCUT2D eigenvalue weighted by Gasteiger charge is -2.33. The van der Waals surface area contributed by atoms with E-state index in [0.29, 0.717) is 26.3 Å². The summed E-state index contributed by atoms with van der Waals surface area (Å²) in [5, 5.41) is 6.23. The van der Waals surface area contributed by atoms with Crippen LogP contribution >= 0.6 is 0 Å². The molecule has 2 aliphatic rings. The zero-order valence-electron chi connectivity index (χ0n) is 14.2. The number of morpholine rings is 1. The molecule has 1 amide bonds. The van der Waals surface area contributed by atoms with Gasteiger partial charge >= 0.3 is 0 Å². The normalized spacial score (nSPS) is 19.0. The molecule has 0 spiro atoms. The summed E-state index contributed by atoms with van der Waals surface area (Å²) in [4.78, 5) is 14.8. The predicted octanol–water partition coefficient (Wildman–Crippen LogP) is 2.95. The Morgan fingerprint density at radius 1 is 1.13 bits per heavy atom. The summed E-state index contributed by atoms with van der Waals surface area (Å²) in [6, 6.07) is -0.206. The first-order valence-corrected chi connectivity index (χ1v) is 8.85. The Bertz CT molecular complexity index is 424. The summed E-state index contributed by atoms with van der Waals surface area (Å²) in [5.41, 5.74) is 0. The van der Waals surface area contributed by atoms with Crippen molar-refractivity contribution in [1.82, 2.24) is 9.91 Å². The summed E-state index contributed by atoms with van der Waals surface area (Å²) in [5.74, 6) is 0.174. The van der Waals surface area contributed by atoms with Crippen LogP contribution in [-0.4, -0.2) is 54.4 Å². The summed E-state index contributed by atoms with van der Waals surface area (Å²) < 4.78 is 5.36. The number of unbranched alkanes of at least 4 members (excludes halogenated alkanes) is 4. The molecule has 0 aromatic rings. The molecule has 0 radical (unpaired) electrons. The predicted molar refractivity (Wildman–Crippen MR) is 93.2 cm³/mol. The summed E-state index contributed by atoms with van der Waals surface area (Å²) >= 11 is 0. The van der Waals surface area contributed by atoms with E-state index in [1.165, 1.54) is 25.7 Å². The molecule has 1 fully saturated rings. The van der Waals surface area contributed by atoms with Gasteiger partial charge in [0.25, 0.3) is 0 Å². The van der Waals surface area contributed by atoms with Crippen LogP contribution in [0.15, 0.2) is 29.5 Å². The Kier molecular flexibility index (Phi) is 7.87. The minimum Gasteiger partial charge on any atom is -0.378 e. The molecule has 5 nitrogen and oxygen atoms in total. The van der Waals surface area contributed by atoms with Crippen LogP contribution in [0.1, 0.15) is 45.4 Å². The molecule has 0 aromatic carbocycles. The number of carbonyl (C=O) groups is 1. The largest absolute Gasteiger partial charge is 0.378 e. The van der Waals surface area contributed by atoms with Crippen molar-refractivity contribution in [3.63, 3.8) is 0 Å². The molecule has 0 aliphatic carbocycles. The van der Waals surface area contributed by atoms with Gasteiger partial charge in [0.2, 0.25) is 5.91 Å². The van der Waals surface area contributed by atoms with Crippen molar-refractivity contribution in [2.24, 2.45) is 5.10 Å². The highest BCUT2D eigenvalue weighted by atomic mass is 16.5. The maximum absolute atomic E-state index is 12.9. The second-order valence-corrected chi connectivity index (χ2v) is 6.03. The molecule has 128 valence electrons. The van der Waals surface area contributed by atoms with Gasteiger partial charge in [-0.2, -0.15) is 5.10 Å². The number of nitrogens with zero attached hydrogens (tertiary/aromatic N) is 3. The van der Waals surface area contributed by atoms with Crippen molar-refractivity contribution < 1.29 is 9.53 Å². The molecule has 0 bridgehead atoms. The van der Waals surface area contributed by atoms with Crippen molar-refractivity contribution >= 4 is 12.1 Å². The maximum atomic E-state index is 12.9. The number of hydrogen-bond acceptors (Lipinski definition) is 4. The Balaban J connectivity index is 1.96. The number of carbonyl (C=O) groups excluding carboxylic acids is 1. The first-order valence-electron chi connectivity index (χ1n) is 8.85. The fourth-order valence-corrected chi connectivity index (χ4v) is 2.89. The van der Waals surface area contributed by atoms with Gasteiger partial charge in [-0.3, -0.25) is 9.80 Å². The van der Waals surface area contributed by atoms with E-state index in [0.717, 1.165) is 12.8 Å². The SMILES string of the molecule is CCCCCCCC(C(=O)N1CCOCC1)N1C=CC=CC=N1. The van der Waals surface area contributed by atoms with Crippen molar-refractivity contribution in [1.29, 1.82) is 0 Å². The second-order valence-electron chi connectivity index (χ2n) is 6.03. The Morgan fingerprint density at radius 3 is 2.70 bits per heavy atom. The molecule has 1 unspecified atom stereocenters. The maximum Gasteiger partial charge on any atom is 0.247 e. The van der Waals surface area contributed by atoms with E-state index < -0.39 is 0 Å². The van der Waals surface area contributed by atoms with Gasteiger partial charge in [0.15, 0.2) is 0 Å². The zero-order chi connectivity index (χ0) is 16.3. The van der Waals surface area contributed by atoms with Crippen molar-refractivity contribution in [2.75, 3.05) is 26.3 Å². The number of hydrazone groups is 1. The van der Waals surface area contributed by atoms with E-state index in [1.54, 1.807) is 6.21 Å². The van der Waals surface area contributed by atoms with E-state index in [4.69, 9.17) is 4.74 Å². The third kappa shape index (κ3) is 5.82. The van der Waals surface area contributed by atoms with Crippen LogP contribution < -0.4 is 0 Å². The number of ether oxygens (including phenoxy) is 1. The van der Waals surface area contributed by atoms with Gasteiger partial charge in [0.05, 0.1) is 13.2 Å². The molecule has 2 rings (SSSR count). The average Bonchev–Trinajstić information content (AvgIpc) is 2.87. The van der Waals surface area contributed by atoms with Gasteiger partial charge in [-0.15, -0.1) is 0 Å². The van der Waals surface area contributed by atoms with Gasteiger partial charge in [-0.05, 0) is 18.6 Å². The molecule has 0 aromatic heterocycles. The van der Waals surface area contributed by atoms with Crippen LogP contribution in [0.3, 0.4) is 0 Å². The van der Waals surface area contributed by atoms with Crippen LogP contribution in [0, 0.1) is 0 Å². The smallest absolute Gasteiger partial charge is 0.247 e. The lowest BCUT2D eigenvalue weighted by Crippen LogP contribution is -2.49. The van der Waals surface area contributed by atoms with E-state index >= 15 is 0 Å². The number of rotatable bonds is 8. The van der Waals surface area contributed by atoms with E-state index in [9.17, 15) is 4.79 Å². The second kappa shape index (κ2) is 10.2. The fraction of sp³-hybridized carbons (Fsp3) is 0.667. The molecule has 1 saturated heterocycles.